The smallest absolute Gasteiger partial charge is 0.260 e. The molecule has 1 amide bonds. The number of hydrogen-bond donors (Lipinski definition) is 1. The molecule has 2 aliphatic rings. The van der Waals surface area contributed by atoms with Gasteiger partial charge in [-0.25, -0.2) is 8.78 Å². The van der Waals surface area contributed by atoms with Gasteiger partial charge in [-0.15, -0.1) is 0 Å². The Balaban J connectivity index is 1.90. The molecule has 3 rings (SSSR count). The molecule has 4 nitrogen and oxygen atoms in total. The van der Waals surface area contributed by atoms with E-state index in [1.807, 2.05) is 6.92 Å². The Morgan fingerprint density at radius 3 is 2.86 bits per heavy atom. The van der Waals surface area contributed by atoms with E-state index in [0.29, 0.717) is 12.6 Å². The van der Waals surface area contributed by atoms with Gasteiger partial charge in [-0.05, 0) is 38.4 Å². The number of nitrogens with zero attached hydrogens (tertiary/aromatic N) is 2. The first kappa shape index (κ1) is 14.3. The standard InChI is InChI=1S/C15H19F2N3O/c1-9-7-19-6-2-3-10(19)8-20(9)15(21)13-11(16)4-5-12(18)14(13)17/h4-5,9-10H,2-3,6-8,18H2,1H3. The largest absolute Gasteiger partial charge is 0.396 e. The van der Waals surface area contributed by atoms with Crippen molar-refractivity contribution in [3.63, 3.8) is 0 Å². The zero-order chi connectivity index (χ0) is 15.1. The average molecular weight is 295 g/mol. The van der Waals surface area contributed by atoms with Gasteiger partial charge in [-0.2, -0.15) is 0 Å². The molecule has 0 aromatic heterocycles. The molecule has 1 aromatic carbocycles. The molecular weight excluding hydrogens is 276 g/mol. The number of anilines is 1. The minimum absolute atomic E-state index is 0.0629. The number of nitrogen functional groups attached to an aromatic ring is 1. The molecule has 2 unspecified atom stereocenters. The van der Waals surface area contributed by atoms with Crippen LogP contribution in [0.4, 0.5) is 14.5 Å². The highest BCUT2D eigenvalue weighted by molar-refractivity contribution is 5.96. The minimum Gasteiger partial charge on any atom is -0.396 e. The van der Waals surface area contributed by atoms with Crippen LogP contribution >= 0.6 is 0 Å². The fourth-order valence-corrected chi connectivity index (χ4v) is 3.38. The third-order valence-corrected chi connectivity index (χ3v) is 4.53. The number of benzene rings is 1. The van der Waals surface area contributed by atoms with Crippen molar-refractivity contribution in [2.24, 2.45) is 0 Å². The molecule has 0 bridgehead atoms. The van der Waals surface area contributed by atoms with E-state index >= 15 is 0 Å². The van der Waals surface area contributed by atoms with Gasteiger partial charge < -0.3 is 10.6 Å². The van der Waals surface area contributed by atoms with Gasteiger partial charge in [-0.3, -0.25) is 9.69 Å². The molecule has 2 N–H and O–H groups in total. The number of fused-ring (bicyclic) bond motifs is 1. The van der Waals surface area contributed by atoms with Gasteiger partial charge in [0.25, 0.3) is 5.91 Å². The Morgan fingerprint density at radius 1 is 1.33 bits per heavy atom. The quantitative estimate of drug-likeness (QED) is 0.805. The van der Waals surface area contributed by atoms with Gasteiger partial charge in [-0.1, -0.05) is 0 Å². The highest BCUT2D eigenvalue weighted by atomic mass is 19.1. The number of piperazine rings is 1. The topological polar surface area (TPSA) is 49.6 Å². The first-order valence-electron chi connectivity index (χ1n) is 7.27. The second-order valence-electron chi connectivity index (χ2n) is 5.92. The lowest BCUT2D eigenvalue weighted by Gasteiger charge is -2.42. The Hall–Kier alpha value is -1.69. The van der Waals surface area contributed by atoms with Crippen LogP contribution in [0.2, 0.25) is 0 Å². The summed E-state index contributed by atoms with van der Waals surface area (Å²) in [6.07, 6.45) is 2.14. The normalized spacial score (nSPS) is 26.0. The van der Waals surface area contributed by atoms with E-state index in [2.05, 4.69) is 4.90 Å². The predicted octanol–water partition coefficient (Wildman–Crippen LogP) is 1.86. The monoisotopic (exact) mass is 295 g/mol. The van der Waals surface area contributed by atoms with Crippen molar-refractivity contribution in [3.8, 4) is 0 Å². The summed E-state index contributed by atoms with van der Waals surface area (Å²) in [5.41, 5.74) is 4.72. The van der Waals surface area contributed by atoms with Crippen molar-refractivity contribution < 1.29 is 13.6 Å². The summed E-state index contributed by atoms with van der Waals surface area (Å²) in [6, 6.07) is 2.42. The average Bonchev–Trinajstić information content (AvgIpc) is 2.89. The lowest BCUT2D eigenvalue weighted by atomic mass is 10.0. The summed E-state index contributed by atoms with van der Waals surface area (Å²) in [5, 5.41) is 0. The van der Waals surface area contributed by atoms with Crippen LogP contribution in [0.25, 0.3) is 0 Å². The maximum Gasteiger partial charge on any atom is 0.260 e. The van der Waals surface area contributed by atoms with E-state index in [9.17, 15) is 13.6 Å². The fourth-order valence-electron chi connectivity index (χ4n) is 3.38. The molecule has 2 heterocycles. The summed E-state index contributed by atoms with van der Waals surface area (Å²) in [7, 11) is 0. The molecule has 6 heteroatoms. The molecule has 21 heavy (non-hydrogen) atoms. The molecule has 2 atom stereocenters. The molecule has 0 aliphatic carbocycles. The van der Waals surface area contributed by atoms with Gasteiger partial charge in [0.1, 0.15) is 11.4 Å². The van der Waals surface area contributed by atoms with Crippen molar-refractivity contribution >= 4 is 11.6 Å². The van der Waals surface area contributed by atoms with Crippen LogP contribution in [-0.2, 0) is 0 Å². The Morgan fingerprint density at radius 2 is 2.10 bits per heavy atom. The summed E-state index contributed by atoms with van der Waals surface area (Å²) in [5.74, 6) is -2.41. The van der Waals surface area contributed by atoms with Crippen LogP contribution in [0, 0.1) is 11.6 Å². The van der Waals surface area contributed by atoms with Gasteiger partial charge in [0.05, 0.1) is 5.69 Å². The van der Waals surface area contributed by atoms with Crippen molar-refractivity contribution in [2.75, 3.05) is 25.4 Å². The molecule has 1 aromatic rings. The fraction of sp³-hybridized carbons (Fsp3) is 0.533. The van der Waals surface area contributed by atoms with Crippen molar-refractivity contribution in [1.82, 2.24) is 9.80 Å². The van der Waals surface area contributed by atoms with Crippen LogP contribution < -0.4 is 5.73 Å². The van der Waals surface area contributed by atoms with E-state index in [1.54, 1.807) is 4.90 Å². The number of carbonyl (C=O) groups excluding carboxylic acids is 1. The molecular formula is C15H19F2N3O. The lowest BCUT2D eigenvalue weighted by Crippen LogP contribution is -2.57. The van der Waals surface area contributed by atoms with Crippen LogP contribution in [0.1, 0.15) is 30.1 Å². The maximum atomic E-state index is 14.0. The van der Waals surface area contributed by atoms with Gasteiger partial charge in [0.2, 0.25) is 0 Å². The van der Waals surface area contributed by atoms with E-state index < -0.39 is 23.1 Å². The Bertz CT molecular complexity index is 578. The van der Waals surface area contributed by atoms with Crippen molar-refractivity contribution in [3.05, 3.63) is 29.3 Å². The first-order chi connectivity index (χ1) is 9.99. The number of rotatable bonds is 1. The SMILES string of the molecule is CC1CN2CCCC2CN1C(=O)c1c(F)ccc(N)c1F. The third-order valence-electron chi connectivity index (χ3n) is 4.53. The Kier molecular flexibility index (Phi) is 3.57. The number of nitrogens with two attached hydrogens (primary N) is 1. The zero-order valence-electron chi connectivity index (χ0n) is 12.0. The van der Waals surface area contributed by atoms with Crippen LogP contribution in [0.3, 0.4) is 0 Å². The second kappa shape index (κ2) is 5.26. The van der Waals surface area contributed by atoms with E-state index in [4.69, 9.17) is 5.73 Å². The highest BCUT2D eigenvalue weighted by Crippen LogP contribution is 2.27. The molecule has 2 fully saturated rings. The summed E-state index contributed by atoms with van der Waals surface area (Å²) < 4.78 is 27.9. The van der Waals surface area contributed by atoms with Crippen LogP contribution in [-0.4, -0.2) is 47.4 Å². The molecule has 0 radical (unpaired) electrons. The maximum absolute atomic E-state index is 14.0. The van der Waals surface area contributed by atoms with Crippen molar-refractivity contribution in [2.45, 2.75) is 31.8 Å². The van der Waals surface area contributed by atoms with E-state index in [0.717, 1.165) is 38.1 Å². The number of halogens is 2. The Labute approximate surface area is 122 Å². The predicted molar refractivity (Wildman–Crippen MR) is 75.9 cm³/mol. The lowest BCUT2D eigenvalue weighted by molar-refractivity contribution is 0.0387. The van der Waals surface area contributed by atoms with Crippen LogP contribution in [0.15, 0.2) is 12.1 Å². The van der Waals surface area contributed by atoms with E-state index in [1.165, 1.54) is 0 Å². The molecule has 0 saturated carbocycles. The number of hydrogen-bond acceptors (Lipinski definition) is 3. The van der Waals surface area contributed by atoms with Gasteiger partial charge >= 0.3 is 0 Å². The van der Waals surface area contributed by atoms with Crippen molar-refractivity contribution in [1.29, 1.82) is 0 Å². The molecule has 0 spiro atoms. The zero-order valence-corrected chi connectivity index (χ0v) is 12.0. The second-order valence-corrected chi connectivity index (χ2v) is 5.92. The number of amides is 1. The molecule has 2 saturated heterocycles. The minimum atomic E-state index is -0.957. The number of carbonyl (C=O) groups is 1. The molecule has 114 valence electrons. The van der Waals surface area contributed by atoms with E-state index in [-0.39, 0.29) is 11.7 Å². The third kappa shape index (κ3) is 2.37. The molecule has 2 aliphatic heterocycles. The summed E-state index contributed by atoms with van der Waals surface area (Å²) in [4.78, 5) is 16.5. The van der Waals surface area contributed by atoms with Gasteiger partial charge in [0.15, 0.2) is 5.82 Å². The highest BCUT2D eigenvalue weighted by Gasteiger charge is 2.38. The summed E-state index contributed by atoms with van der Waals surface area (Å²) >= 11 is 0. The van der Waals surface area contributed by atoms with Crippen LogP contribution in [0.5, 0.6) is 0 Å². The van der Waals surface area contributed by atoms with Gasteiger partial charge in [0, 0.05) is 25.2 Å². The first-order valence-corrected chi connectivity index (χ1v) is 7.27. The summed E-state index contributed by atoms with van der Waals surface area (Å²) in [6.45, 7) is 4.22.